The summed E-state index contributed by atoms with van der Waals surface area (Å²) in [5.74, 6) is -4.48. The number of hydrogen-bond acceptors (Lipinski definition) is 14. The Morgan fingerprint density at radius 1 is 0.870 bits per heavy atom. The van der Waals surface area contributed by atoms with Crippen LogP contribution >= 0.6 is 0 Å². The van der Waals surface area contributed by atoms with E-state index in [2.05, 4.69) is 0 Å². The predicted octanol–water partition coefficient (Wildman–Crippen LogP) is 3.65. The van der Waals surface area contributed by atoms with E-state index in [0.29, 0.717) is 12.8 Å². The van der Waals surface area contributed by atoms with Gasteiger partial charge in [0.15, 0.2) is 12.6 Å². The van der Waals surface area contributed by atoms with Crippen molar-refractivity contribution in [1.29, 1.82) is 0 Å². The van der Waals surface area contributed by atoms with Gasteiger partial charge in [-0.3, -0.25) is 14.4 Å². The Kier molecular flexibility index (Phi) is 14.5. The molecule has 0 saturated carbocycles. The van der Waals surface area contributed by atoms with E-state index < -0.39 is 108 Å². The topological polar surface area (TPSA) is 169 Å². The number of methoxy groups -OCH3 is 2. The minimum atomic E-state index is -1.25. The van der Waals surface area contributed by atoms with Gasteiger partial charge in [-0.25, -0.2) is 0 Å². The van der Waals surface area contributed by atoms with Gasteiger partial charge in [0, 0.05) is 50.4 Å². The van der Waals surface area contributed by atoms with E-state index in [-0.39, 0.29) is 37.2 Å². The predicted molar refractivity (Wildman–Crippen MR) is 197 cm³/mol. The summed E-state index contributed by atoms with van der Waals surface area (Å²) in [5.41, 5.74) is -3.46. The average Bonchev–Trinajstić information content (AvgIpc) is 3.43. The number of nitrogens with zero attached hydrogens (tertiary/aromatic N) is 1. The molecule has 4 heterocycles. The van der Waals surface area contributed by atoms with Crippen LogP contribution in [0.3, 0.4) is 0 Å². The van der Waals surface area contributed by atoms with Crippen molar-refractivity contribution in [1.82, 2.24) is 4.90 Å². The number of cyclic esters (lactones) is 1. The van der Waals surface area contributed by atoms with Crippen LogP contribution < -0.4 is 0 Å². The standard InChI is InChI=1S/C40H69NO13/c1-15-28-40(10)26(17-29(42)54-40)22(4)31(43)20(2)18-39(9,48-14)35(53-37-32(44)27(41(11)12)16-21(3)49-37)23(5)33(24(6)36(46)51-28)52-30-19-38(8,47-13)34(45)25(7)50-30/h20-28,30,32-35,37,44-45H,15-19H2,1-14H3/t20-,21-,22-,23+,24-,25+,26-,27+,28-,30?,32-,33?,34+,35-,37+,38+,39-,40+/m1/s1. The zero-order valence-electron chi connectivity index (χ0n) is 35.0. The molecule has 0 aromatic heterocycles. The zero-order valence-corrected chi connectivity index (χ0v) is 35.0. The number of likely N-dealkylation sites (N-methyl/N-ethyl adjacent to an activating group) is 1. The van der Waals surface area contributed by atoms with Crippen LogP contribution in [0.5, 0.6) is 0 Å². The van der Waals surface area contributed by atoms with E-state index in [9.17, 15) is 24.6 Å². The Morgan fingerprint density at radius 2 is 1.50 bits per heavy atom. The summed E-state index contributed by atoms with van der Waals surface area (Å²) in [4.78, 5) is 43.7. The molecule has 2 N–H and O–H groups in total. The van der Waals surface area contributed by atoms with Crippen LogP contribution in [-0.2, 0) is 52.3 Å². The number of aliphatic hydroxyl groups excluding tert-OH is 2. The van der Waals surface area contributed by atoms with Gasteiger partial charge < -0.3 is 53.0 Å². The molecule has 14 nitrogen and oxygen atoms in total. The third-order valence-electron chi connectivity index (χ3n) is 13.2. The van der Waals surface area contributed by atoms with Gasteiger partial charge in [-0.2, -0.15) is 0 Å². The molecule has 0 radical (unpaired) electrons. The largest absolute Gasteiger partial charge is 0.458 e. The van der Waals surface area contributed by atoms with Gasteiger partial charge in [0.25, 0.3) is 0 Å². The fraction of sp³-hybridized carbons (Fsp3) is 0.925. The van der Waals surface area contributed by atoms with E-state index in [4.69, 9.17) is 37.9 Å². The van der Waals surface area contributed by atoms with Crippen LogP contribution in [0.2, 0.25) is 0 Å². The summed E-state index contributed by atoms with van der Waals surface area (Å²) in [6, 6.07) is -0.268. The number of esters is 2. The van der Waals surface area contributed by atoms with Gasteiger partial charge in [0.2, 0.25) is 0 Å². The highest BCUT2D eigenvalue weighted by molar-refractivity contribution is 5.85. The molecule has 0 bridgehead atoms. The van der Waals surface area contributed by atoms with Crippen molar-refractivity contribution in [2.45, 2.75) is 179 Å². The van der Waals surface area contributed by atoms with E-state index in [1.165, 1.54) is 7.11 Å². The number of carbonyl (C=O) groups is 3. The molecular weight excluding hydrogens is 702 g/mol. The molecule has 14 heteroatoms. The van der Waals surface area contributed by atoms with Gasteiger partial charge in [0.1, 0.15) is 29.7 Å². The minimum absolute atomic E-state index is 0.0131. The van der Waals surface area contributed by atoms with Gasteiger partial charge in [-0.15, -0.1) is 0 Å². The van der Waals surface area contributed by atoms with Crippen LogP contribution in [0.4, 0.5) is 0 Å². The third-order valence-corrected chi connectivity index (χ3v) is 13.2. The normalized spacial score (nSPS) is 48.5. The number of hydrogen-bond donors (Lipinski definition) is 2. The first kappa shape index (κ1) is 45.0. The monoisotopic (exact) mass is 771 g/mol. The molecule has 18 atom stereocenters. The van der Waals surface area contributed by atoms with Crippen LogP contribution in [-0.4, -0.2) is 139 Å². The first-order valence-electron chi connectivity index (χ1n) is 19.8. The van der Waals surface area contributed by atoms with Crippen molar-refractivity contribution in [3.05, 3.63) is 0 Å². The lowest BCUT2D eigenvalue weighted by Crippen LogP contribution is -2.61. The van der Waals surface area contributed by atoms with Gasteiger partial charge in [-0.05, 0) is 74.9 Å². The first-order valence-corrected chi connectivity index (χ1v) is 19.8. The summed E-state index contributed by atoms with van der Waals surface area (Å²) in [6.45, 7) is 18.1. The third kappa shape index (κ3) is 8.87. The van der Waals surface area contributed by atoms with Gasteiger partial charge in [0.05, 0.1) is 48.0 Å². The Morgan fingerprint density at radius 3 is 2.07 bits per heavy atom. The van der Waals surface area contributed by atoms with Crippen LogP contribution in [0.15, 0.2) is 0 Å². The molecule has 0 aromatic rings. The number of Topliss-reactive ketones (excluding diaryl/α,β-unsaturated/α-hetero) is 1. The molecule has 0 aliphatic carbocycles. The Hall–Kier alpha value is -1.75. The smallest absolute Gasteiger partial charge is 0.311 e. The molecule has 4 aliphatic rings. The van der Waals surface area contributed by atoms with Crippen LogP contribution in [0.25, 0.3) is 0 Å². The summed E-state index contributed by atoms with van der Waals surface area (Å²) < 4.78 is 50.5. The number of aliphatic hydroxyl groups is 2. The summed E-state index contributed by atoms with van der Waals surface area (Å²) >= 11 is 0. The molecule has 54 heavy (non-hydrogen) atoms. The van der Waals surface area contributed by atoms with Crippen molar-refractivity contribution in [3.8, 4) is 0 Å². The maximum atomic E-state index is 14.4. The highest BCUT2D eigenvalue weighted by Crippen LogP contribution is 2.46. The summed E-state index contributed by atoms with van der Waals surface area (Å²) in [7, 11) is 6.86. The van der Waals surface area contributed by atoms with Crippen molar-refractivity contribution in [2.24, 2.45) is 29.6 Å². The number of carbonyl (C=O) groups excluding carboxylic acids is 3. The molecule has 0 aromatic carbocycles. The fourth-order valence-electron chi connectivity index (χ4n) is 9.64. The minimum Gasteiger partial charge on any atom is -0.458 e. The average molecular weight is 772 g/mol. The Balaban J connectivity index is 1.87. The summed E-state index contributed by atoms with van der Waals surface area (Å²) in [5, 5.41) is 22.6. The molecule has 0 amide bonds. The molecule has 4 saturated heterocycles. The maximum Gasteiger partial charge on any atom is 0.311 e. The van der Waals surface area contributed by atoms with E-state index in [1.807, 2.05) is 60.5 Å². The highest BCUT2D eigenvalue weighted by atomic mass is 16.7. The molecular formula is C40H69NO13. The molecule has 0 spiro atoms. The summed E-state index contributed by atoms with van der Waals surface area (Å²) in [6.07, 6.45) is -6.35. The Labute approximate surface area is 322 Å². The van der Waals surface area contributed by atoms with E-state index in [1.54, 1.807) is 34.8 Å². The molecule has 4 rings (SSSR count). The molecule has 4 fully saturated rings. The van der Waals surface area contributed by atoms with Crippen molar-refractivity contribution in [2.75, 3.05) is 28.3 Å². The second-order valence-corrected chi connectivity index (χ2v) is 17.4. The van der Waals surface area contributed by atoms with Crippen molar-refractivity contribution >= 4 is 17.7 Å². The number of rotatable bonds is 8. The van der Waals surface area contributed by atoms with Crippen LogP contribution in [0.1, 0.15) is 101 Å². The number of ketones is 1. The zero-order chi connectivity index (χ0) is 40.7. The van der Waals surface area contributed by atoms with Crippen LogP contribution in [0, 0.1) is 29.6 Å². The fourth-order valence-corrected chi connectivity index (χ4v) is 9.64. The van der Waals surface area contributed by atoms with Crippen molar-refractivity contribution in [3.63, 3.8) is 0 Å². The SMILES string of the molecule is CC[C@H]1OC(=O)[C@H](C)C(OC2C[C@](C)(OC)[C@@H](O)[C@H](C)O2)[C@H](C)[C@@H](O[C@@H]2O[C@H](C)C[C@H](N(C)C)[C@H]2O)[C@](C)(OC)C[C@@H](C)C(=O)[C@H](C)[C@H]2CC(=O)O[C@@]21C. The lowest BCUT2D eigenvalue weighted by molar-refractivity contribution is -0.319. The lowest BCUT2D eigenvalue weighted by Gasteiger charge is -2.50. The maximum absolute atomic E-state index is 14.4. The van der Waals surface area contributed by atoms with Crippen molar-refractivity contribution < 1.29 is 62.5 Å². The second-order valence-electron chi connectivity index (χ2n) is 17.4. The lowest BCUT2D eigenvalue weighted by atomic mass is 9.70. The molecule has 312 valence electrons. The van der Waals surface area contributed by atoms with Gasteiger partial charge >= 0.3 is 11.9 Å². The van der Waals surface area contributed by atoms with E-state index >= 15 is 0 Å². The quantitative estimate of drug-likeness (QED) is 0.343. The number of fused-ring (bicyclic) bond motifs is 1. The first-order chi connectivity index (χ1) is 25.1. The van der Waals surface area contributed by atoms with Gasteiger partial charge in [-0.1, -0.05) is 27.7 Å². The number of ether oxygens (including phenoxy) is 8. The molecule has 2 unspecified atom stereocenters. The second kappa shape index (κ2) is 17.4. The highest BCUT2D eigenvalue weighted by Gasteiger charge is 2.58. The Bertz CT molecular complexity index is 1320. The molecule has 4 aliphatic heterocycles. The van der Waals surface area contributed by atoms with E-state index in [0.717, 1.165) is 0 Å².